The van der Waals surface area contributed by atoms with E-state index in [4.69, 9.17) is 4.52 Å². The number of rotatable bonds is 6. The highest BCUT2D eigenvalue weighted by atomic mass is 16.5. The first kappa shape index (κ1) is 15.8. The third kappa shape index (κ3) is 3.82. The van der Waals surface area contributed by atoms with Crippen molar-refractivity contribution in [3.8, 4) is 11.4 Å². The molecule has 0 aliphatic rings. The predicted octanol–water partition coefficient (Wildman–Crippen LogP) is 1.46. The third-order valence-electron chi connectivity index (χ3n) is 3.44. The van der Waals surface area contributed by atoms with Gasteiger partial charge in [0.25, 0.3) is 0 Å². The van der Waals surface area contributed by atoms with Crippen molar-refractivity contribution in [3.05, 3.63) is 66.3 Å². The Kier molecular flexibility index (Phi) is 4.93. The topological polar surface area (TPSA) is 101 Å². The molecule has 0 spiro atoms. The minimum absolute atomic E-state index is 0.145. The highest BCUT2D eigenvalue weighted by Gasteiger charge is 2.19. The molecule has 1 amide bonds. The van der Waals surface area contributed by atoms with Crippen molar-refractivity contribution in [2.45, 2.75) is 12.5 Å². The summed E-state index contributed by atoms with van der Waals surface area (Å²) in [4.78, 5) is 20.2. The van der Waals surface area contributed by atoms with Gasteiger partial charge in [-0.15, -0.1) is 0 Å². The number of hydrogen-bond acceptors (Lipinski definition) is 6. The largest absolute Gasteiger partial charge is 0.394 e. The third-order valence-corrected chi connectivity index (χ3v) is 3.44. The monoisotopic (exact) mass is 324 g/mol. The van der Waals surface area contributed by atoms with E-state index in [1.807, 2.05) is 30.3 Å². The molecule has 2 N–H and O–H groups in total. The van der Waals surface area contributed by atoms with Gasteiger partial charge in [-0.2, -0.15) is 4.98 Å². The predicted molar refractivity (Wildman–Crippen MR) is 86.0 cm³/mol. The first-order valence-electron chi connectivity index (χ1n) is 7.46. The fourth-order valence-corrected chi connectivity index (χ4v) is 2.24. The zero-order valence-corrected chi connectivity index (χ0v) is 12.8. The highest BCUT2D eigenvalue weighted by Crippen LogP contribution is 2.14. The molecule has 3 rings (SSSR count). The Morgan fingerprint density at radius 3 is 2.62 bits per heavy atom. The van der Waals surface area contributed by atoms with E-state index in [1.165, 1.54) is 0 Å². The lowest BCUT2D eigenvalue weighted by Crippen LogP contribution is -2.39. The first-order chi connectivity index (χ1) is 11.8. The molecular weight excluding hydrogens is 308 g/mol. The standard InChI is InChI=1S/C17H16N4O3/c22-11-14(10-12-4-2-1-3-5-12)19-16(23)17-20-15(21-24-17)13-6-8-18-9-7-13/h1-9,14,22H,10-11H2,(H,19,23)/t14-/m0/s1. The zero-order valence-electron chi connectivity index (χ0n) is 12.8. The molecular formula is C17H16N4O3. The number of aliphatic hydroxyl groups is 1. The Labute approximate surface area is 138 Å². The highest BCUT2D eigenvalue weighted by molar-refractivity contribution is 5.90. The van der Waals surface area contributed by atoms with Crippen molar-refractivity contribution in [2.75, 3.05) is 6.61 Å². The van der Waals surface area contributed by atoms with E-state index < -0.39 is 11.9 Å². The van der Waals surface area contributed by atoms with E-state index >= 15 is 0 Å². The molecule has 0 aliphatic heterocycles. The van der Waals surface area contributed by atoms with Crippen LogP contribution in [0.5, 0.6) is 0 Å². The molecule has 1 atom stereocenters. The van der Waals surface area contributed by atoms with Gasteiger partial charge in [-0.05, 0) is 24.1 Å². The molecule has 122 valence electrons. The van der Waals surface area contributed by atoms with Crippen LogP contribution in [-0.2, 0) is 6.42 Å². The smallest absolute Gasteiger partial charge is 0.316 e. The summed E-state index contributed by atoms with van der Waals surface area (Å²) in [5.74, 6) is -0.350. The summed E-state index contributed by atoms with van der Waals surface area (Å²) in [5.41, 5.74) is 1.72. The van der Waals surface area contributed by atoms with Crippen LogP contribution < -0.4 is 5.32 Å². The van der Waals surface area contributed by atoms with Crippen LogP contribution in [0, 0.1) is 0 Å². The first-order valence-corrected chi connectivity index (χ1v) is 7.46. The quantitative estimate of drug-likeness (QED) is 0.712. The van der Waals surface area contributed by atoms with Crippen molar-refractivity contribution < 1.29 is 14.4 Å². The van der Waals surface area contributed by atoms with Crippen LogP contribution in [0.3, 0.4) is 0 Å². The number of hydrogen-bond donors (Lipinski definition) is 2. The second kappa shape index (κ2) is 7.47. The van der Waals surface area contributed by atoms with Crippen molar-refractivity contribution in [1.82, 2.24) is 20.4 Å². The van der Waals surface area contributed by atoms with Crippen LogP contribution in [0.1, 0.15) is 16.2 Å². The van der Waals surface area contributed by atoms with Gasteiger partial charge in [0.2, 0.25) is 5.82 Å². The minimum atomic E-state index is -0.516. The average Bonchev–Trinajstić information content (AvgIpc) is 3.13. The summed E-state index contributed by atoms with van der Waals surface area (Å²) in [5, 5.41) is 16.0. The number of benzene rings is 1. The molecule has 0 radical (unpaired) electrons. The summed E-state index contributed by atoms with van der Waals surface area (Å²) in [6, 6.07) is 12.6. The van der Waals surface area contributed by atoms with Gasteiger partial charge in [0.05, 0.1) is 12.6 Å². The van der Waals surface area contributed by atoms with Gasteiger partial charge in [-0.3, -0.25) is 9.78 Å². The molecule has 24 heavy (non-hydrogen) atoms. The van der Waals surface area contributed by atoms with Gasteiger partial charge in [0.15, 0.2) is 0 Å². The molecule has 7 heteroatoms. The lowest BCUT2D eigenvalue weighted by Gasteiger charge is -2.14. The van der Waals surface area contributed by atoms with Crippen molar-refractivity contribution >= 4 is 5.91 Å². The molecule has 0 unspecified atom stereocenters. The maximum absolute atomic E-state index is 12.2. The Balaban J connectivity index is 1.67. The van der Waals surface area contributed by atoms with Crippen LogP contribution in [0.2, 0.25) is 0 Å². The molecule has 0 saturated carbocycles. The molecule has 7 nitrogen and oxygen atoms in total. The number of nitrogens with one attached hydrogen (secondary N) is 1. The van der Waals surface area contributed by atoms with Gasteiger partial charge >= 0.3 is 11.8 Å². The van der Waals surface area contributed by atoms with E-state index in [-0.39, 0.29) is 12.5 Å². The summed E-state index contributed by atoms with van der Waals surface area (Å²) < 4.78 is 5.00. The Bertz CT molecular complexity index is 790. The second-order valence-electron chi connectivity index (χ2n) is 5.20. The van der Waals surface area contributed by atoms with Crippen LogP contribution >= 0.6 is 0 Å². The molecule has 0 bridgehead atoms. The van der Waals surface area contributed by atoms with E-state index in [0.717, 1.165) is 5.56 Å². The van der Waals surface area contributed by atoms with Gasteiger partial charge in [-0.25, -0.2) is 0 Å². The molecule has 0 aliphatic carbocycles. The summed E-state index contributed by atoms with van der Waals surface area (Å²) >= 11 is 0. The fourth-order valence-electron chi connectivity index (χ4n) is 2.24. The van der Waals surface area contributed by atoms with Crippen LogP contribution in [0.25, 0.3) is 11.4 Å². The number of aliphatic hydroxyl groups excluding tert-OH is 1. The Hall–Kier alpha value is -3.06. The van der Waals surface area contributed by atoms with Crippen LogP contribution in [0.15, 0.2) is 59.4 Å². The number of nitrogens with zero attached hydrogens (tertiary/aromatic N) is 3. The maximum Gasteiger partial charge on any atom is 0.316 e. The van der Waals surface area contributed by atoms with Crippen molar-refractivity contribution in [3.63, 3.8) is 0 Å². The maximum atomic E-state index is 12.2. The van der Waals surface area contributed by atoms with Gasteiger partial charge in [0, 0.05) is 18.0 Å². The molecule has 3 aromatic rings. The molecule has 0 fully saturated rings. The van der Waals surface area contributed by atoms with Gasteiger partial charge < -0.3 is 14.9 Å². The fraction of sp³-hybridized carbons (Fsp3) is 0.176. The van der Waals surface area contributed by atoms with Crippen LogP contribution in [0.4, 0.5) is 0 Å². The molecule has 1 aromatic carbocycles. The number of carbonyl (C=O) groups is 1. The van der Waals surface area contributed by atoms with Gasteiger partial charge in [-0.1, -0.05) is 35.5 Å². The van der Waals surface area contributed by atoms with Gasteiger partial charge in [0.1, 0.15) is 0 Å². The van der Waals surface area contributed by atoms with E-state index in [9.17, 15) is 9.90 Å². The van der Waals surface area contributed by atoms with Crippen LogP contribution in [-0.4, -0.2) is 38.8 Å². The number of carbonyl (C=O) groups excluding carboxylic acids is 1. The average molecular weight is 324 g/mol. The SMILES string of the molecule is O=C(N[C@H](CO)Cc1ccccc1)c1nc(-c2ccncc2)no1. The normalized spacial score (nSPS) is 11.9. The number of amides is 1. The lowest BCUT2D eigenvalue weighted by molar-refractivity contribution is 0.0872. The van der Waals surface area contributed by atoms with Crippen molar-refractivity contribution in [2.24, 2.45) is 0 Å². The summed E-state index contributed by atoms with van der Waals surface area (Å²) in [7, 11) is 0. The zero-order chi connectivity index (χ0) is 16.8. The van der Waals surface area contributed by atoms with Crippen molar-refractivity contribution in [1.29, 1.82) is 0 Å². The lowest BCUT2D eigenvalue weighted by atomic mass is 10.1. The number of aromatic nitrogens is 3. The second-order valence-corrected chi connectivity index (χ2v) is 5.20. The molecule has 2 aromatic heterocycles. The van der Waals surface area contributed by atoms with E-state index in [1.54, 1.807) is 24.5 Å². The van der Waals surface area contributed by atoms with E-state index in [0.29, 0.717) is 17.8 Å². The minimum Gasteiger partial charge on any atom is -0.394 e. The molecule has 2 heterocycles. The van der Waals surface area contributed by atoms with E-state index in [2.05, 4.69) is 20.4 Å². The molecule has 0 saturated heterocycles. The summed E-state index contributed by atoms with van der Waals surface area (Å²) in [6.45, 7) is -0.189. The number of pyridine rings is 1. The Morgan fingerprint density at radius 1 is 1.17 bits per heavy atom. The summed E-state index contributed by atoms with van der Waals surface area (Å²) in [6.07, 6.45) is 3.72. The Morgan fingerprint density at radius 2 is 1.92 bits per heavy atom.